The van der Waals surface area contributed by atoms with Gasteiger partial charge in [-0.3, -0.25) is 0 Å². The topological polar surface area (TPSA) is 0 Å². The van der Waals surface area contributed by atoms with Crippen molar-refractivity contribution in [2.24, 2.45) is 11.8 Å². The van der Waals surface area contributed by atoms with Gasteiger partial charge in [-0.1, -0.05) is 65.8 Å². The predicted molar refractivity (Wildman–Crippen MR) is 84.7 cm³/mol. The Bertz CT molecular complexity index is 433. The molecule has 1 aliphatic carbocycles. The second kappa shape index (κ2) is 4.96. The largest absolute Gasteiger partial charge is 0.0627 e. The molecule has 0 atom stereocenters. The summed E-state index contributed by atoms with van der Waals surface area (Å²) in [7, 11) is 0. The molecule has 0 N–H and O–H groups in total. The second-order valence-corrected chi connectivity index (χ2v) is 7.80. The van der Waals surface area contributed by atoms with Gasteiger partial charge in [0, 0.05) is 0 Å². The number of rotatable bonds is 5. The Hall–Kier alpha value is -0.780. The van der Waals surface area contributed by atoms with Gasteiger partial charge in [0.25, 0.3) is 0 Å². The first-order valence-corrected chi connectivity index (χ1v) is 7.89. The lowest BCUT2D eigenvalue weighted by atomic mass is 9.70. The van der Waals surface area contributed by atoms with Crippen molar-refractivity contribution in [1.29, 1.82) is 0 Å². The molecule has 0 bridgehead atoms. The van der Waals surface area contributed by atoms with E-state index >= 15 is 0 Å². The summed E-state index contributed by atoms with van der Waals surface area (Å²) in [5.74, 6) is 1.46. The van der Waals surface area contributed by atoms with Crippen LogP contribution in [0.25, 0.3) is 0 Å². The van der Waals surface area contributed by atoms with Crippen LogP contribution in [0.3, 0.4) is 0 Å². The summed E-state index contributed by atoms with van der Waals surface area (Å²) in [6, 6.07) is 9.22. The molecule has 0 radical (unpaired) electrons. The average Bonchev–Trinajstić information content (AvgIpc) is 3.09. The van der Waals surface area contributed by atoms with Gasteiger partial charge >= 0.3 is 0 Å². The molecule has 1 saturated carbocycles. The van der Waals surface area contributed by atoms with Crippen LogP contribution in [0.4, 0.5) is 0 Å². The zero-order valence-corrected chi connectivity index (χ0v) is 13.6. The summed E-state index contributed by atoms with van der Waals surface area (Å²) in [5, 5.41) is 0. The Morgan fingerprint density at radius 2 is 1.63 bits per heavy atom. The standard InChI is InChI=1S/C19H30/c1-14(2)13-19(11-12-19)17-10-8-7-9-16(17)18(5,6)15(3)4/h7-10,14-15H,11-13H2,1-6H3. The molecule has 0 heterocycles. The zero-order chi connectivity index (χ0) is 14.3. The van der Waals surface area contributed by atoms with Crippen molar-refractivity contribution in [2.45, 2.75) is 71.6 Å². The number of hydrogen-bond acceptors (Lipinski definition) is 0. The molecule has 0 amide bonds. The van der Waals surface area contributed by atoms with Crippen molar-refractivity contribution in [3.63, 3.8) is 0 Å². The van der Waals surface area contributed by atoms with Crippen molar-refractivity contribution in [3.05, 3.63) is 35.4 Å². The van der Waals surface area contributed by atoms with E-state index in [2.05, 4.69) is 65.8 Å². The van der Waals surface area contributed by atoms with Gasteiger partial charge in [0.2, 0.25) is 0 Å². The van der Waals surface area contributed by atoms with Gasteiger partial charge in [-0.2, -0.15) is 0 Å². The molecule has 19 heavy (non-hydrogen) atoms. The van der Waals surface area contributed by atoms with Crippen LogP contribution in [0.5, 0.6) is 0 Å². The molecular weight excluding hydrogens is 228 g/mol. The maximum Gasteiger partial charge on any atom is -0.00410 e. The van der Waals surface area contributed by atoms with Crippen LogP contribution in [0.1, 0.15) is 71.9 Å². The first-order valence-electron chi connectivity index (χ1n) is 7.89. The molecule has 0 aliphatic heterocycles. The van der Waals surface area contributed by atoms with Crippen molar-refractivity contribution in [1.82, 2.24) is 0 Å². The van der Waals surface area contributed by atoms with E-state index in [1.165, 1.54) is 19.3 Å². The lowest BCUT2D eigenvalue weighted by Gasteiger charge is -2.34. The minimum atomic E-state index is 0.267. The Morgan fingerprint density at radius 3 is 2.11 bits per heavy atom. The molecule has 1 aliphatic rings. The van der Waals surface area contributed by atoms with Crippen molar-refractivity contribution in [3.8, 4) is 0 Å². The summed E-state index contributed by atoms with van der Waals surface area (Å²) >= 11 is 0. The van der Waals surface area contributed by atoms with Crippen molar-refractivity contribution in [2.75, 3.05) is 0 Å². The molecule has 0 saturated heterocycles. The van der Waals surface area contributed by atoms with Crippen LogP contribution in [-0.4, -0.2) is 0 Å². The fourth-order valence-electron chi connectivity index (χ4n) is 3.33. The molecule has 1 aromatic carbocycles. The minimum absolute atomic E-state index is 0.267. The predicted octanol–water partition coefficient (Wildman–Crippen LogP) is 5.70. The fraction of sp³-hybridized carbons (Fsp3) is 0.684. The van der Waals surface area contributed by atoms with Crippen LogP contribution >= 0.6 is 0 Å². The van der Waals surface area contributed by atoms with Crippen LogP contribution < -0.4 is 0 Å². The Morgan fingerprint density at radius 1 is 1.05 bits per heavy atom. The smallest absolute Gasteiger partial charge is 0.00410 e. The number of benzene rings is 1. The third kappa shape index (κ3) is 2.73. The summed E-state index contributed by atoms with van der Waals surface area (Å²) < 4.78 is 0. The highest BCUT2D eigenvalue weighted by Gasteiger charge is 2.47. The van der Waals surface area contributed by atoms with E-state index in [0.717, 1.165) is 5.92 Å². The van der Waals surface area contributed by atoms with Crippen LogP contribution in [0.2, 0.25) is 0 Å². The molecular formula is C19H30. The lowest BCUT2D eigenvalue weighted by molar-refractivity contribution is 0.363. The lowest BCUT2D eigenvalue weighted by Crippen LogP contribution is -2.28. The molecule has 0 nitrogen and oxygen atoms in total. The Labute approximate surface area is 119 Å². The van der Waals surface area contributed by atoms with E-state index in [4.69, 9.17) is 0 Å². The summed E-state index contributed by atoms with van der Waals surface area (Å²) in [6.45, 7) is 14.2. The summed E-state index contributed by atoms with van der Waals surface area (Å²) in [4.78, 5) is 0. The van der Waals surface area contributed by atoms with Gasteiger partial charge in [0.1, 0.15) is 0 Å². The number of hydrogen-bond donors (Lipinski definition) is 0. The molecule has 2 rings (SSSR count). The molecule has 0 heteroatoms. The highest BCUT2D eigenvalue weighted by molar-refractivity contribution is 5.42. The maximum absolute atomic E-state index is 2.40. The third-order valence-corrected chi connectivity index (χ3v) is 5.29. The van der Waals surface area contributed by atoms with E-state index in [1.807, 2.05) is 0 Å². The molecule has 0 spiro atoms. The van der Waals surface area contributed by atoms with Gasteiger partial charge in [0.15, 0.2) is 0 Å². The minimum Gasteiger partial charge on any atom is -0.0627 e. The van der Waals surface area contributed by atoms with Gasteiger partial charge < -0.3 is 0 Å². The summed E-state index contributed by atoms with van der Waals surface area (Å²) in [5.41, 5.74) is 3.99. The Kier molecular flexibility index (Phi) is 3.82. The van der Waals surface area contributed by atoms with Gasteiger partial charge in [-0.05, 0) is 53.1 Å². The SMILES string of the molecule is CC(C)CC1(c2ccccc2C(C)(C)C(C)C)CC1. The van der Waals surface area contributed by atoms with E-state index in [0.29, 0.717) is 11.3 Å². The average molecular weight is 258 g/mol. The van der Waals surface area contributed by atoms with Crippen molar-refractivity contribution >= 4 is 0 Å². The monoisotopic (exact) mass is 258 g/mol. The maximum atomic E-state index is 2.40. The van der Waals surface area contributed by atoms with Gasteiger partial charge in [-0.15, -0.1) is 0 Å². The molecule has 1 fully saturated rings. The molecule has 0 aromatic heterocycles. The summed E-state index contributed by atoms with van der Waals surface area (Å²) in [6.07, 6.45) is 4.12. The van der Waals surface area contributed by atoms with Gasteiger partial charge in [-0.25, -0.2) is 0 Å². The van der Waals surface area contributed by atoms with Gasteiger partial charge in [0.05, 0.1) is 0 Å². The van der Waals surface area contributed by atoms with E-state index in [1.54, 1.807) is 11.1 Å². The van der Waals surface area contributed by atoms with Crippen molar-refractivity contribution < 1.29 is 0 Å². The van der Waals surface area contributed by atoms with Crippen LogP contribution in [-0.2, 0) is 10.8 Å². The second-order valence-electron chi connectivity index (χ2n) is 7.80. The fourth-order valence-corrected chi connectivity index (χ4v) is 3.33. The Balaban J connectivity index is 2.43. The molecule has 106 valence electrons. The quantitative estimate of drug-likeness (QED) is 0.635. The highest BCUT2D eigenvalue weighted by atomic mass is 14.5. The zero-order valence-electron chi connectivity index (χ0n) is 13.6. The molecule has 0 unspecified atom stereocenters. The van der Waals surface area contributed by atoms with E-state index in [9.17, 15) is 0 Å². The first-order chi connectivity index (χ1) is 8.79. The molecule has 1 aromatic rings. The normalized spacial score (nSPS) is 18.1. The third-order valence-electron chi connectivity index (χ3n) is 5.29. The van der Waals surface area contributed by atoms with E-state index in [-0.39, 0.29) is 5.41 Å². The van der Waals surface area contributed by atoms with Crippen LogP contribution in [0, 0.1) is 11.8 Å². The van der Waals surface area contributed by atoms with E-state index < -0.39 is 0 Å². The first kappa shape index (κ1) is 14.6. The highest BCUT2D eigenvalue weighted by Crippen LogP contribution is 2.55. The van der Waals surface area contributed by atoms with Crippen LogP contribution in [0.15, 0.2) is 24.3 Å².